The van der Waals surface area contributed by atoms with Gasteiger partial charge < -0.3 is 4.98 Å². The van der Waals surface area contributed by atoms with Crippen molar-refractivity contribution in [2.24, 2.45) is 0 Å². The molecule has 0 aliphatic rings. The summed E-state index contributed by atoms with van der Waals surface area (Å²) in [5.74, 6) is 0. The van der Waals surface area contributed by atoms with E-state index < -0.39 is 0 Å². The van der Waals surface area contributed by atoms with Gasteiger partial charge in [0.2, 0.25) is 0 Å². The summed E-state index contributed by atoms with van der Waals surface area (Å²) in [7, 11) is 0. The third-order valence-corrected chi connectivity index (χ3v) is 0.779. The fourth-order valence-electron chi connectivity index (χ4n) is 0.385. The quantitative estimate of drug-likeness (QED) is 0.635. The van der Waals surface area contributed by atoms with Gasteiger partial charge >= 0.3 is 0 Å². The fourth-order valence-corrected chi connectivity index (χ4v) is 0.385. The zero-order valence-electron chi connectivity index (χ0n) is 4.89. The molecule has 38 valence electrons. The van der Waals surface area contributed by atoms with E-state index in [1.54, 1.807) is 6.20 Å². The monoisotopic (exact) mass is 359 g/mol. The molecule has 1 aromatic heterocycles. The molecule has 0 fully saturated rings. The van der Waals surface area contributed by atoms with Crippen molar-refractivity contribution in [2.75, 3.05) is 0 Å². The van der Waals surface area contributed by atoms with Gasteiger partial charge in [-0.15, -0.1) is 0 Å². The van der Waals surface area contributed by atoms with Crippen molar-refractivity contribution in [1.29, 1.82) is 0 Å². The number of aryl methyl sites for hydroxylation is 1. The molecule has 0 aliphatic carbocycles. The molecule has 0 bridgehead atoms. The normalized spacial score (nSPS) is 7.62. The number of aromatic nitrogens is 1. The van der Waals surface area contributed by atoms with Crippen molar-refractivity contribution >= 4 is 0 Å². The molecule has 0 aliphatic heterocycles. The molecule has 0 saturated carbocycles. The maximum absolute atomic E-state index is 3.72. The minimum Gasteiger partial charge on any atom is -0.394 e. The van der Waals surface area contributed by atoms with E-state index in [2.05, 4.69) is 11.2 Å². The van der Waals surface area contributed by atoms with Crippen LogP contribution in [-0.2, 0) is 0 Å². The fraction of sp³-hybridized carbons (Fsp3) is 0.167. The topological polar surface area (TPSA) is 12.9 Å². The zero-order chi connectivity index (χ0) is 5.11. The van der Waals surface area contributed by atoms with Crippen molar-refractivity contribution in [2.45, 2.75) is 6.92 Å². The molecule has 0 N–H and O–H groups in total. The van der Waals surface area contributed by atoms with Crippen molar-refractivity contribution in [3.63, 3.8) is 0 Å². The number of rotatable bonds is 0. The van der Waals surface area contributed by atoms with Crippen molar-refractivity contribution in [1.82, 2.24) is 4.98 Å². The van der Waals surface area contributed by atoms with E-state index in [4.69, 9.17) is 0 Å². The molecule has 0 unspecified atom stereocenters. The van der Waals surface area contributed by atoms with Crippen molar-refractivity contribution in [3.05, 3.63) is 30.1 Å². The minimum absolute atomic E-state index is 0. The molecule has 0 saturated heterocycles. The molecule has 1 rings (SSSR count). The average Bonchev–Trinajstić information content (AvgIpc) is 1.69. The summed E-state index contributed by atoms with van der Waals surface area (Å²) in [6.07, 6.45) is 4.44. The molecule has 1 nitrogen and oxygen atoms in total. The first-order valence-corrected chi connectivity index (χ1v) is 2.18. The molecule has 2 heteroatoms. The Labute approximate surface area is 43.0 Å². The Hall–Kier alpha value is -1.85. The summed E-state index contributed by atoms with van der Waals surface area (Å²) < 4.78 is 0. The van der Waals surface area contributed by atoms with E-state index in [0.29, 0.717) is 0 Å². The molecule has 0 spiro atoms. The summed E-state index contributed by atoms with van der Waals surface area (Å²) >= 11 is 0. The Bertz CT molecular complexity index is 138. The summed E-state index contributed by atoms with van der Waals surface area (Å²) in [5.41, 5.74) is 1.20. The third-order valence-electron chi connectivity index (χ3n) is 0.779. The van der Waals surface area contributed by atoms with Gasteiger partial charge in [-0.05, 0) is 0 Å². The van der Waals surface area contributed by atoms with Crippen LogP contribution in [0.4, 0.5) is 0 Å². The second-order valence-corrected chi connectivity index (χ2v) is 1.46. The molecule has 1 heterocycles. The summed E-state index contributed by atoms with van der Waals surface area (Å²) in [6.45, 7) is 2.01. The Morgan fingerprint density at radius 3 is 2.62 bits per heavy atom. The van der Waals surface area contributed by atoms with Crippen LogP contribution in [0.2, 0.25) is 0 Å². The van der Waals surface area contributed by atoms with Gasteiger partial charge in [0.05, 0.1) is 0 Å². The first kappa shape index (κ1) is 6.15. The van der Waals surface area contributed by atoms with E-state index in [1.165, 1.54) is 5.56 Å². The van der Waals surface area contributed by atoms with Gasteiger partial charge in [0.1, 0.15) is 0 Å². The predicted molar refractivity (Wildman–Crippen MR) is 27.8 cm³/mol. The van der Waals surface area contributed by atoms with Crippen LogP contribution in [0.1, 0.15) is 5.56 Å². The predicted octanol–water partition coefficient (Wildman–Crippen LogP) is 1.19. The van der Waals surface area contributed by atoms with Crippen LogP contribution in [0.3, 0.4) is 0 Å². The Kier molecular flexibility index (Phi) is 1.80. The maximum Gasteiger partial charge on any atom is 0 e. The van der Waals surface area contributed by atoms with E-state index >= 15 is 0 Å². The van der Waals surface area contributed by atoms with Crippen molar-refractivity contribution < 1.29 is 0 Å². The molecule has 0 radical (unpaired) electrons. The third kappa shape index (κ3) is 1.09. The van der Waals surface area contributed by atoms with E-state index in [-0.39, 0.29) is 0 Å². The maximum atomic E-state index is 3.72. The SMILES string of the molecule is Cc1c[c-]ncc1.[Rf]. The second kappa shape index (κ2) is 2.35. The molecule has 0 amide bonds. The minimum atomic E-state index is 0. The smallest absolute Gasteiger partial charge is 0 e. The number of nitrogens with zero attached hydrogens (tertiary/aromatic N) is 1. The van der Waals surface area contributed by atoms with E-state index in [1.807, 2.05) is 19.1 Å². The van der Waals surface area contributed by atoms with Gasteiger partial charge in [-0.25, -0.2) is 0 Å². The van der Waals surface area contributed by atoms with Gasteiger partial charge in [0.15, 0.2) is 0 Å². The summed E-state index contributed by atoms with van der Waals surface area (Å²) in [4.78, 5) is 3.72. The molecular weight excluding hydrogens is 353 g/mol. The summed E-state index contributed by atoms with van der Waals surface area (Å²) in [6, 6.07) is 3.79. The van der Waals surface area contributed by atoms with Crippen LogP contribution in [0.5, 0.6) is 0 Å². The van der Waals surface area contributed by atoms with Crippen LogP contribution in [0.15, 0.2) is 18.3 Å². The number of pyridine rings is 1. The van der Waals surface area contributed by atoms with E-state index in [0.717, 1.165) is 0 Å². The first-order chi connectivity index (χ1) is 3.39. The van der Waals surface area contributed by atoms with Crippen molar-refractivity contribution in [3.8, 4) is 0 Å². The average molecular weight is 359 g/mol. The van der Waals surface area contributed by atoms with Gasteiger partial charge in [0, 0.05) is 0 Å². The van der Waals surface area contributed by atoms with Gasteiger partial charge in [-0.1, -0.05) is 19.3 Å². The van der Waals surface area contributed by atoms with E-state index in [9.17, 15) is 0 Å². The Morgan fingerprint density at radius 2 is 2.38 bits per heavy atom. The largest absolute Gasteiger partial charge is 0.394 e. The zero-order valence-corrected chi connectivity index (χ0v) is 11.3. The van der Waals surface area contributed by atoms with Crippen LogP contribution in [-0.4, -0.2) is 4.98 Å². The van der Waals surface area contributed by atoms with Crippen LogP contribution in [0, 0.1) is 13.1 Å². The molecule has 0 atom stereocenters. The molecule has 1 aromatic rings. The van der Waals surface area contributed by atoms with Crippen LogP contribution in [0.25, 0.3) is 0 Å². The van der Waals surface area contributed by atoms with Gasteiger partial charge in [-0.3, -0.25) is 0 Å². The Morgan fingerprint density at radius 1 is 1.62 bits per heavy atom. The molecule has 8 heavy (non-hydrogen) atoms. The summed E-state index contributed by atoms with van der Waals surface area (Å²) in [5, 5.41) is 0. The second-order valence-electron chi connectivity index (χ2n) is 1.46. The Balaban J connectivity index is 0.000000490. The molecular formula is C6H6NRf-. The van der Waals surface area contributed by atoms with Gasteiger partial charge in [0.25, 0.3) is 0 Å². The van der Waals surface area contributed by atoms with Gasteiger partial charge in [-0.2, -0.15) is 17.7 Å². The number of hydrogen-bond acceptors (Lipinski definition) is 1. The standard InChI is InChI=1S/C6H6N.Rf/c1-6-2-4-7-5-3-6;/h2-4H,1H3;/q-1;. The first-order valence-electron chi connectivity index (χ1n) is 2.18. The number of hydrogen-bond donors (Lipinski definition) is 0. The molecule has 0 aromatic carbocycles. The van der Waals surface area contributed by atoms with Crippen LogP contribution >= 0.6 is 0 Å². The van der Waals surface area contributed by atoms with Crippen LogP contribution < -0.4 is 0 Å².